The number of hydrogen-bond acceptors (Lipinski definition) is 8. The van der Waals surface area contributed by atoms with Crippen LogP contribution in [0.5, 0.6) is 0 Å². The van der Waals surface area contributed by atoms with Gasteiger partial charge in [0, 0.05) is 49.4 Å². The Labute approximate surface area is 345 Å². The van der Waals surface area contributed by atoms with E-state index >= 15 is 0 Å². The topological polar surface area (TPSA) is 127 Å². The van der Waals surface area contributed by atoms with E-state index in [1.54, 1.807) is 13.8 Å². The lowest BCUT2D eigenvalue weighted by Gasteiger charge is -2.65. The Morgan fingerprint density at radius 1 is 0.518 bits per heavy atom. The summed E-state index contributed by atoms with van der Waals surface area (Å²) in [5.74, 6) is 3.31. The number of rotatable bonds is 4. The molecule has 316 valence electrons. The van der Waals surface area contributed by atoms with Crippen LogP contribution in [0, 0.1) is 69.0 Å². The largest absolute Gasteiger partial charge is 0.462 e. The number of fused-ring (bicyclic) bond motifs is 10. The van der Waals surface area contributed by atoms with Crippen molar-refractivity contribution in [3.8, 4) is 0 Å². The Morgan fingerprint density at radius 3 is 1.20 bits per heavy atom. The van der Waals surface area contributed by atoms with E-state index in [9.17, 15) is 29.4 Å². The van der Waals surface area contributed by atoms with Crippen molar-refractivity contribution in [3.05, 3.63) is 0 Å². The molecule has 0 heterocycles. The molecular weight excluding hydrogens is 751 g/mol. The molecule has 18 atom stereocenters. The van der Waals surface area contributed by atoms with Crippen LogP contribution in [0.3, 0.4) is 0 Å². The molecule has 8 nitrogen and oxygen atoms in total. The highest BCUT2D eigenvalue weighted by atomic mass is 35.5. The Kier molecular flexibility index (Phi) is 11.3. The zero-order valence-corrected chi connectivity index (χ0v) is 36.9. The molecule has 10 heteroatoms. The van der Waals surface area contributed by atoms with Gasteiger partial charge in [-0.1, -0.05) is 27.7 Å². The monoisotopic (exact) mass is 820 g/mol. The molecule has 0 aromatic rings. The number of carbonyl (C=O) groups excluding carboxylic acids is 4. The summed E-state index contributed by atoms with van der Waals surface area (Å²) in [6.07, 6.45) is 13.7. The smallest absolute Gasteiger partial charge is 0.302 e. The quantitative estimate of drug-likeness (QED) is 0.213. The maximum atomic E-state index is 12.3. The van der Waals surface area contributed by atoms with Crippen molar-refractivity contribution >= 4 is 46.7 Å². The van der Waals surface area contributed by atoms with Gasteiger partial charge in [0.15, 0.2) is 0 Å². The average molecular weight is 822 g/mol. The highest BCUT2D eigenvalue weighted by Crippen LogP contribution is 2.71. The minimum atomic E-state index is -1.000. The first-order valence-electron chi connectivity index (χ1n) is 22.1. The second-order valence-electron chi connectivity index (χ2n) is 21.4. The predicted octanol–water partition coefficient (Wildman–Crippen LogP) is 9.00. The molecule has 0 aliphatic heterocycles. The zero-order valence-electron chi connectivity index (χ0n) is 35.3. The first-order chi connectivity index (χ1) is 26.1. The van der Waals surface area contributed by atoms with E-state index in [-0.39, 0.29) is 68.4 Å². The van der Waals surface area contributed by atoms with Crippen LogP contribution in [-0.4, -0.2) is 67.9 Å². The second kappa shape index (κ2) is 14.8. The number of halogens is 2. The molecule has 8 aliphatic carbocycles. The minimum absolute atomic E-state index is 0.0877. The fourth-order valence-electron chi connectivity index (χ4n) is 16.4. The fraction of sp³-hybridized carbons (Fsp3) is 0.913. The van der Waals surface area contributed by atoms with Gasteiger partial charge in [0.05, 0.1) is 22.0 Å². The standard InChI is InChI=1S/2C23H35ClO4/c2*1-13(25)17-5-6-18-16-11-20(24)23(27)12-15(28-14(2)26)7-10-22(23,4)19(16)8-9-21(17,18)3/h2*15-20,27H,5-12H2,1-4H3/t2*15-,16-,17+,18-,19-,20+,21+,22+,23-/m00/s1. The van der Waals surface area contributed by atoms with E-state index in [1.165, 1.54) is 13.8 Å². The average Bonchev–Trinajstić information content (AvgIpc) is 3.65. The fourth-order valence-corrected chi connectivity index (χ4v) is 17.5. The zero-order chi connectivity index (χ0) is 41.0. The molecule has 56 heavy (non-hydrogen) atoms. The van der Waals surface area contributed by atoms with Crippen molar-refractivity contribution < 1.29 is 38.9 Å². The second-order valence-corrected chi connectivity index (χ2v) is 22.4. The normalized spacial score (nSPS) is 52.9. The highest BCUT2D eigenvalue weighted by molar-refractivity contribution is 6.21. The number of aliphatic hydroxyl groups is 2. The number of ether oxygens (including phenoxy) is 2. The lowest BCUT2D eigenvalue weighted by molar-refractivity contribution is -0.221. The molecule has 8 rings (SSSR count). The summed E-state index contributed by atoms with van der Waals surface area (Å²) in [4.78, 5) is 47.5. The van der Waals surface area contributed by atoms with Crippen LogP contribution in [0.25, 0.3) is 0 Å². The maximum Gasteiger partial charge on any atom is 0.302 e. The molecule has 0 aromatic carbocycles. The van der Waals surface area contributed by atoms with E-state index < -0.39 is 11.2 Å². The summed E-state index contributed by atoms with van der Waals surface area (Å²) in [6, 6.07) is 0. The third-order valence-corrected chi connectivity index (χ3v) is 20.3. The van der Waals surface area contributed by atoms with E-state index in [0.717, 1.165) is 89.9 Å². The van der Waals surface area contributed by atoms with Crippen molar-refractivity contribution in [2.45, 2.75) is 192 Å². The third-order valence-electron chi connectivity index (χ3n) is 19.2. The summed E-state index contributed by atoms with van der Waals surface area (Å²) >= 11 is 13.8. The first-order valence-corrected chi connectivity index (χ1v) is 23.0. The van der Waals surface area contributed by atoms with Gasteiger partial charge in [-0.05, 0) is 150 Å². The molecule has 0 aromatic heterocycles. The van der Waals surface area contributed by atoms with Crippen LogP contribution < -0.4 is 0 Å². The van der Waals surface area contributed by atoms with Crippen molar-refractivity contribution in [2.75, 3.05) is 0 Å². The van der Waals surface area contributed by atoms with E-state index in [4.69, 9.17) is 32.7 Å². The van der Waals surface area contributed by atoms with Crippen LogP contribution in [0.4, 0.5) is 0 Å². The van der Waals surface area contributed by atoms with E-state index in [0.29, 0.717) is 59.9 Å². The number of ketones is 2. The van der Waals surface area contributed by atoms with Crippen molar-refractivity contribution in [1.82, 2.24) is 0 Å². The molecular formula is C46H70Cl2O8. The lowest BCUT2D eigenvalue weighted by Crippen LogP contribution is -2.67. The van der Waals surface area contributed by atoms with Gasteiger partial charge in [0.1, 0.15) is 23.8 Å². The van der Waals surface area contributed by atoms with Gasteiger partial charge < -0.3 is 19.7 Å². The molecule has 0 radical (unpaired) electrons. The molecule has 8 aliphatic rings. The highest BCUT2D eigenvalue weighted by Gasteiger charge is 2.69. The summed E-state index contributed by atoms with van der Waals surface area (Å²) < 4.78 is 10.9. The van der Waals surface area contributed by atoms with Gasteiger partial charge in [-0.2, -0.15) is 0 Å². The lowest BCUT2D eigenvalue weighted by atomic mass is 9.43. The third kappa shape index (κ3) is 6.39. The summed E-state index contributed by atoms with van der Waals surface area (Å²) in [5.41, 5.74) is -2.33. The maximum absolute atomic E-state index is 12.3. The van der Waals surface area contributed by atoms with Crippen LogP contribution >= 0.6 is 23.2 Å². The Balaban J connectivity index is 0.000000172. The molecule has 0 saturated heterocycles. The molecule has 0 spiro atoms. The van der Waals surface area contributed by atoms with Crippen molar-refractivity contribution in [3.63, 3.8) is 0 Å². The van der Waals surface area contributed by atoms with Gasteiger partial charge >= 0.3 is 11.9 Å². The summed E-state index contributed by atoms with van der Waals surface area (Å²) in [6.45, 7) is 15.5. The van der Waals surface area contributed by atoms with Crippen LogP contribution in [0.1, 0.15) is 158 Å². The molecule has 2 N–H and O–H groups in total. The van der Waals surface area contributed by atoms with E-state index in [2.05, 4.69) is 27.7 Å². The van der Waals surface area contributed by atoms with Gasteiger partial charge in [-0.3, -0.25) is 19.2 Å². The Bertz CT molecular complexity index is 1470. The van der Waals surface area contributed by atoms with Crippen LogP contribution in [0.15, 0.2) is 0 Å². The minimum Gasteiger partial charge on any atom is -0.462 e. The number of carbonyl (C=O) groups is 4. The first kappa shape index (κ1) is 42.9. The molecule has 0 unspecified atom stereocenters. The Morgan fingerprint density at radius 2 is 0.875 bits per heavy atom. The van der Waals surface area contributed by atoms with Crippen molar-refractivity contribution in [2.24, 2.45) is 69.0 Å². The van der Waals surface area contributed by atoms with Crippen LogP contribution in [0.2, 0.25) is 0 Å². The molecule has 0 amide bonds. The number of esters is 2. The van der Waals surface area contributed by atoms with Gasteiger partial charge in [0.2, 0.25) is 0 Å². The number of Topliss-reactive ketones (excluding diaryl/α,β-unsaturated/α-hetero) is 2. The van der Waals surface area contributed by atoms with Gasteiger partial charge in [0.25, 0.3) is 0 Å². The molecule has 8 fully saturated rings. The van der Waals surface area contributed by atoms with Crippen molar-refractivity contribution in [1.29, 1.82) is 0 Å². The summed E-state index contributed by atoms with van der Waals surface area (Å²) in [7, 11) is 0. The molecule has 8 saturated carbocycles. The van der Waals surface area contributed by atoms with E-state index in [1.807, 2.05) is 0 Å². The Hall–Kier alpha value is -1.22. The number of alkyl halides is 2. The van der Waals surface area contributed by atoms with Gasteiger partial charge in [-0.15, -0.1) is 23.2 Å². The summed E-state index contributed by atoms with van der Waals surface area (Å²) in [5, 5.41) is 22.9. The van der Waals surface area contributed by atoms with Crippen LogP contribution in [-0.2, 0) is 28.7 Å². The SMILES string of the molecule is CC(=O)O[C@H]1CC[C@]2(C)[C@H]3CC[C@]4(C)[C@@H](C(C)=O)CC[C@H]4[C@@H]3C[C@@H](Cl)[C@@]2(O)C1.CC(=O)O[C@H]1CC[C@]2(C)[C@H]3CC[C@]4(C)[C@@H](C(C)=O)CC[C@H]4[C@@H]3C[C@@H](Cl)[C@@]2(O)C1. The molecule has 0 bridgehead atoms. The number of hydrogen-bond donors (Lipinski definition) is 2. The predicted molar refractivity (Wildman–Crippen MR) is 216 cm³/mol. The van der Waals surface area contributed by atoms with Gasteiger partial charge in [-0.25, -0.2) is 0 Å².